The van der Waals surface area contributed by atoms with Crippen molar-refractivity contribution in [2.24, 2.45) is 21.5 Å². The Morgan fingerprint density at radius 2 is 2.04 bits per heavy atom. The Kier molecular flexibility index (Phi) is 7.29. The second kappa shape index (κ2) is 9.67. The van der Waals surface area contributed by atoms with Crippen molar-refractivity contribution in [1.82, 2.24) is 19.9 Å². The number of hydrogen-bond donors (Lipinski definition) is 4. The number of aromatic amines is 1. The first-order valence-electron chi connectivity index (χ1n) is 8.51. The molecular weight excluding hydrogens is 375 g/mol. The summed E-state index contributed by atoms with van der Waals surface area (Å²) in [6.45, 7) is 0.519. The van der Waals surface area contributed by atoms with Crippen LogP contribution in [0.4, 0.5) is 24.9 Å². The normalized spacial score (nSPS) is 13.0. The van der Waals surface area contributed by atoms with Crippen molar-refractivity contribution in [2.45, 2.75) is 38.8 Å². The molecule has 0 aromatic carbocycles. The van der Waals surface area contributed by atoms with Crippen LogP contribution in [0.25, 0.3) is 0 Å². The summed E-state index contributed by atoms with van der Waals surface area (Å²) < 4.78 is 36.4. The fourth-order valence-corrected chi connectivity index (χ4v) is 2.17. The molecule has 0 saturated carbocycles. The number of amidine groups is 1. The van der Waals surface area contributed by atoms with Gasteiger partial charge in [0.15, 0.2) is 5.96 Å². The van der Waals surface area contributed by atoms with Crippen LogP contribution in [0.1, 0.15) is 30.8 Å². The molecule has 0 unspecified atom stereocenters. The van der Waals surface area contributed by atoms with Crippen molar-refractivity contribution in [3.05, 3.63) is 30.0 Å². The number of nitrogens with one attached hydrogen (secondary N) is 2. The standard InChI is InChI=1S/C16H22F3N9/c1-10-8-23-15(25-10)26-11(20)4-2-3-5-12-22-7-6-13(27-12)28-14(21)24-9-16(17,18)19/h6-8H,2-5,9H2,1H3,(H3,20,23,25,26)(H3,21,22,24,27,28). The highest BCUT2D eigenvalue weighted by atomic mass is 19.4. The Morgan fingerprint density at radius 3 is 2.71 bits per heavy atom. The fourth-order valence-electron chi connectivity index (χ4n) is 2.17. The van der Waals surface area contributed by atoms with Crippen LogP contribution in [0, 0.1) is 6.92 Å². The van der Waals surface area contributed by atoms with E-state index in [0.29, 0.717) is 30.5 Å². The van der Waals surface area contributed by atoms with Crippen molar-refractivity contribution >= 4 is 23.6 Å². The smallest absolute Gasteiger partial charge is 0.387 e. The molecule has 0 aliphatic carbocycles. The molecule has 0 aliphatic rings. The van der Waals surface area contributed by atoms with Crippen LogP contribution in [0.2, 0.25) is 0 Å². The predicted molar refractivity (Wildman–Crippen MR) is 100 cm³/mol. The topological polar surface area (TPSA) is 143 Å². The number of aryl methyl sites for hydroxylation is 2. The van der Waals surface area contributed by atoms with Gasteiger partial charge in [0.05, 0.1) is 0 Å². The molecule has 6 N–H and O–H groups in total. The number of nitrogens with two attached hydrogens (primary N) is 2. The SMILES string of the molecule is Cc1cnc(/N=C(\N)CCCCc2nccc(NC(N)=NCC(F)(F)F)n2)[nH]1. The van der Waals surface area contributed by atoms with E-state index >= 15 is 0 Å². The highest BCUT2D eigenvalue weighted by molar-refractivity contribution is 5.91. The van der Waals surface area contributed by atoms with Gasteiger partial charge in [0.1, 0.15) is 24.0 Å². The molecule has 0 radical (unpaired) electrons. The summed E-state index contributed by atoms with van der Waals surface area (Å²) in [6.07, 6.45) is 1.45. The molecule has 152 valence electrons. The molecule has 0 amide bonds. The fraction of sp³-hybridized carbons (Fsp3) is 0.438. The number of unbranched alkanes of at least 4 members (excludes halogenated alkanes) is 1. The maximum atomic E-state index is 12.1. The van der Waals surface area contributed by atoms with Crippen LogP contribution in [-0.4, -0.2) is 44.5 Å². The molecule has 2 rings (SSSR count). The van der Waals surface area contributed by atoms with Crippen molar-refractivity contribution in [1.29, 1.82) is 0 Å². The molecule has 0 bridgehead atoms. The molecule has 2 heterocycles. The Balaban J connectivity index is 1.79. The predicted octanol–water partition coefficient (Wildman–Crippen LogP) is 2.20. The Bertz CT molecular complexity index is 827. The minimum atomic E-state index is -4.41. The molecule has 0 saturated heterocycles. The number of nitrogens with zero attached hydrogens (tertiary/aromatic N) is 5. The zero-order chi connectivity index (χ0) is 20.6. The summed E-state index contributed by atoms with van der Waals surface area (Å²) in [7, 11) is 0. The van der Waals surface area contributed by atoms with Gasteiger partial charge in [-0.05, 0) is 25.8 Å². The van der Waals surface area contributed by atoms with Crippen LogP contribution in [0.5, 0.6) is 0 Å². The van der Waals surface area contributed by atoms with Crippen LogP contribution < -0.4 is 16.8 Å². The van der Waals surface area contributed by atoms with Crippen molar-refractivity contribution < 1.29 is 13.2 Å². The van der Waals surface area contributed by atoms with E-state index in [2.05, 4.69) is 35.2 Å². The number of imidazole rings is 1. The molecule has 0 atom stereocenters. The van der Waals surface area contributed by atoms with Gasteiger partial charge in [-0.15, -0.1) is 0 Å². The molecule has 2 aromatic heterocycles. The van der Waals surface area contributed by atoms with Crippen LogP contribution in [-0.2, 0) is 6.42 Å². The van der Waals surface area contributed by atoms with Crippen molar-refractivity contribution in [2.75, 3.05) is 11.9 Å². The molecule has 2 aromatic rings. The van der Waals surface area contributed by atoms with Gasteiger partial charge in [-0.1, -0.05) is 0 Å². The third kappa shape index (κ3) is 8.01. The quantitative estimate of drug-likeness (QED) is 0.305. The Hall–Kier alpha value is -3.18. The summed E-state index contributed by atoms with van der Waals surface area (Å²) >= 11 is 0. The summed E-state index contributed by atoms with van der Waals surface area (Å²) in [5.74, 6) is 1.40. The minimum Gasteiger partial charge on any atom is -0.387 e. The largest absolute Gasteiger partial charge is 0.408 e. The summed E-state index contributed by atoms with van der Waals surface area (Å²) in [5.41, 5.74) is 12.2. The summed E-state index contributed by atoms with van der Waals surface area (Å²) in [5, 5.41) is 2.52. The minimum absolute atomic E-state index is 0.280. The first-order chi connectivity index (χ1) is 13.2. The molecule has 0 fully saturated rings. The van der Waals surface area contributed by atoms with E-state index in [4.69, 9.17) is 11.5 Å². The van der Waals surface area contributed by atoms with E-state index in [0.717, 1.165) is 18.5 Å². The van der Waals surface area contributed by atoms with Gasteiger partial charge in [0.25, 0.3) is 0 Å². The second-order valence-corrected chi connectivity index (χ2v) is 6.00. The highest BCUT2D eigenvalue weighted by Gasteiger charge is 2.26. The number of hydrogen-bond acceptors (Lipinski definition) is 5. The third-order valence-corrected chi connectivity index (χ3v) is 3.41. The summed E-state index contributed by atoms with van der Waals surface area (Å²) in [6, 6.07) is 1.50. The Labute approximate surface area is 159 Å². The van der Waals surface area contributed by atoms with Gasteiger partial charge in [0.2, 0.25) is 5.95 Å². The average Bonchev–Trinajstić information content (AvgIpc) is 3.01. The zero-order valence-electron chi connectivity index (χ0n) is 15.3. The second-order valence-electron chi connectivity index (χ2n) is 6.00. The lowest BCUT2D eigenvalue weighted by molar-refractivity contribution is -0.118. The summed E-state index contributed by atoms with van der Waals surface area (Å²) in [4.78, 5) is 22.8. The number of H-pyrrole nitrogens is 1. The van der Waals surface area contributed by atoms with E-state index in [1.807, 2.05) is 6.92 Å². The van der Waals surface area contributed by atoms with Gasteiger partial charge in [-0.25, -0.2) is 24.9 Å². The van der Waals surface area contributed by atoms with Gasteiger partial charge in [0, 0.05) is 30.9 Å². The number of halogens is 3. The van der Waals surface area contributed by atoms with E-state index in [-0.39, 0.29) is 11.8 Å². The maximum absolute atomic E-state index is 12.1. The molecule has 28 heavy (non-hydrogen) atoms. The molecule has 9 nitrogen and oxygen atoms in total. The average molecular weight is 397 g/mol. The molecule has 0 spiro atoms. The monoisotopic (exact) mass is 397 g/mol. The first kappa shape index (κ1) is 21.1. The van der Waals surface area contributed by atoms with Crippen molar-refractivity contribution in [3.8, 4) is 0 Å². The number of aliphatic imine (C=N–C) groups is 2. The Morgan fingerprint density at radius 1 is 1.25 bits per heavy atom. The van der Waals surface area contributed by atoms with Gasteiger partial charge < -0.3 is 21.8 Å². The highest BCUT2D eigenvalue weighted by Crippen LogP contribution is 2.14. The van der Waals surface area contributed by atoms with E-state index in [9.17, 15) is 13.2 Å². The number of aromatic nitrogens is 4. The van der Waals surface area contributed by atoms with Gasteiger partial charge in [-0.2, -0.15) is 13.2 Å². The van der Waals surface area contributed by atoms with Gasteiger partial charge >= 0.3 is 6.18 Å². The van der Waals surface area contributed by atoms with E-state index in [1.54, 1.807) is 6.20 Å². The molecule has 0 aliphatic heterocycles. The van der Waals surface area contributed by atoms with Crippen LogP contribution in [0.15, 0.2) is 28.4 Å². The molecule has 12 heteroatoms. The van der Waals surface area contributed by atoms with Gasteiger partial charge in [-0.3, -0.25) is 0 Å². The lowest BCUT2D eigenvalue weighted by Gasteiger charge is -2.07. The lowest BCUT2D eigenvalue weighted by Crippen LogP contribution is -2.26. The third-order valence-electron chi connectivity index (χ3n) is 3.41. The van der Waals surface area contributed by atoms with Crippen LogP contribution in [0.3, 0.4) is 0 Å². The van der Waals surface area contributed by atoms with Crippen molar-refractivity contribution in [3.63, 3.8) is 0 Å². The number of alkyl halides is 3. The first-order valence-corrected chi connectivity index (χ1v) is 8.51. The number of guanidine groups is 1. The molecular formula is C16H22F3N9. The zero-order valence-corrected chi connectivity index (χ0v) is 15.3. The number of anilines is 1. The van der Waals surface area contributed by atoms with E-state index in [1.165, 1.54) is 12.3 Å². The van der Waals surface area contributed by atoms with Crippen LogP contribution >= 0.6 is 0 Å². The maximum Gasteiger partial charge on any atom is 0.408 e. The lowest BCUT2D eigenvalue weighted by atomic mass is 10.2. The number of rotatable bonds is 8. The van der Waals surface area contributed by atoms with E-state index < -0.39 is 12.7 Å².